The third-order valence-corrected chi connectivity index (χ3v) is 5.70. The number of nitrogens with one attached hydrogen (secondary N) is 1. The molecule has 0 saturated carbocycles. The molecule has 1 saturated heterocycles. The maximum atomic E-state index is 12.2. The van der Waals surface area contributed by atoms with Crippen LogP contribution in [0.3, 0.4) is 0 Å². The van der Waals surface area contributed by atoms with E-state index in [0.29, 0.717) is 31.4 Å². The maximum absolute atomic E-state index is 12.2. The van der Waals surface area contributed by atoms with Crippen LogP contribution < -0.4 is 5.32 Å². The highest BCUT2D eigenvalue weighted by molar-refractivity contribution is 5.76. The molecule has 1 aliphatic carbocycles. The number of nitrogens with zero attached hydrogens (tertiary/aromatic N) is 2. The van der Waals surface area contributed by atoms with E-state index >= 15 is 0 Å². The van der Waals surface area contributed by atoms with Gasteiger partial charge in [-0.2, -0.15) is 5.10 Å². The number of fused-ring (bicyclic) bond motifs is 1. The van der Waals surface area contributed by atoms with Crippen LogP contribution in [-0.2, 0) is 27.2 Å². The second kappa shape index (κ2) is 8.35. The fourth-order valence-corrected chi connectivity index (χ4v) is 4.16. The third-order valence-electron chi connectivity index (χ3n) is 5.70. The number of amides is 1. The number of hydrogen-bond acceptors (Lipinski definition) is 4. The van der Waals surface area contributed by atoms with Gasteiger partial charge < -0.3 is 14.8 Å². The minimum Gasteiger partial charge on any atom is -0.381 e. The van der Waals surface area contributed by atoms with Crippen LogP contribution >= 0.6 is 0 Å². The number of hydrogen-bond donors (Lipinski definition) is 1. The van der Waals surface area contributed by atoms with Gasteiger partial charge in [0.15, 0.2) is 0 Å². The first-order chi connectivity index (χ1) is 12.8. The highest BCUT2D eigenvalue weighted by atomic mass is 16.5. The van der Waals surface area contributed by atoms with Gasteiger partial charge in [0.05, 0.1) is 12.3 Å². The number of allylic oxidation sites excluding steroid dienone is 2. The molecule has 0 aromatic carbocycles. The second-order valence-electron chi connectivity index (χ2n) is 7.70. The lowest BCUT2D eigenvalue weighted by Crippen LogP contribution is -2.32. The van der Waals surface area contributed by atoms with E-state index in [4.69, 9.17) is 14.6 Å². The van der Waals surface area contributed by atoms with Crippen LogP contribution in [0.5, 0.6) is 0 Å². The Balaban J connectivity index is 1.32. The van der Waals surface area contributed by atoms with Crippen molar-refractivity contribution in [1.82, 2.24) is 15.1 Å². The lowest BCUT2D eigenvalue weighted by atomic mass is 10.0. The molecule has 1 amide bonds. The first-order valence-electron chi connectivity index (χ1n) is 9.97. The molecule has 3 aliphatic rings. The van der Waals surface area contributed by atoms with Gasteiger partial charge in [0.2, 0.25) is 5.91 Å². The van der Waals surface area contributed by atoms with Gasteiger partial charge in [-0.05, 0) is 49.5 Å². The molecule has 0 bridgehead atoms. The van der Waals surface area contributed by atoms with Gasteiger partial charge in [-0.3, -0.25) is 9.48 Å². The molecule has 142 valence electrons. The van der Waals surface area contributed by atoms with E-state index in [-0.39, 0.29) is 12.0 Å². The molecule has 6 heteroatoms. The zero-order chi connectivity index (χ0) is 17.8. The third kappa shape index (κ3) is 4.35. The van der Waals surface area contributed by atoms with E-state index in [1.807, 2.05) is 0 Å². The van der Waals surface area contributed by atoms with Crippen LogP contribution in [0.15, 0.2) is 18.3 Å². The standard InChI is InChI=1S/C20H29N3O3/c24-19(11-15-3-1-2-4-15)21-12-18-20-17(7-10-26-18)14-23(22-20)13-16-5-8-25-9-6-16/h1,3,14-16,18H,2,4-13H2,(H,21,24)/t15-,18-/m0/s1. The average Bonchev–Trinajstić information content (AvgIpc) is 3.30. The van der Waals surface area contributed by atoms with E-state index in [0.717, 1.165) is 57.6 Å². The van der Waals surface area contributed by atoms with Crippen LogP contribution in [0.4, 0.5) is 0 Å². The Morgan fingerprint density at radius 1 is 1.27 bits per heavy atom. The first-order valence-corrected chi connectivity index (χ1v) is 9.97. The molecule has 2 aliphatic heterocycles. The number of ether oxygens (including phenoxy) is 2. The summed E-state index contributed by atoms with van der Waals surface area (Å²) in [5.41, 5.74) is 2.27. The van der Waals surface area contributed by atoms with E-state index in [9.17, 15) is 4.79 Å². The van der Waals surface area contributed by atoms with Crippen molar-refractivity contribution in [2.75, 3.05) is 26.4 Å². The van der Waals surface area contributed by atoms with Crippen molar-refractivity contribution in [3.8, 4) is 0 Å². The normalized spacial score (nSPS) is 26.0. The molecule has 1 aromatic rings. The highest BCUT2D eigenvalue weighted by Gasteiger charge is 2.26. The summed E-state index contributed by atoms with van der Waals surface area (Å²) in [6.45, 7) is 3.88. The zero-order valence-corrected chi connectivity index (χ0v) is 15.4. The van der Waals surface area contributed by atoms with E-state index < -0.39 is 0 Å². The minimum atomic E-state index is -0.127. The Morgan fingerprint density at radius 2 is 2.15 bits per heavy atom. The quantitative estimate of drug-likeness (QED) is 0.792. The van der Waals surface area contributed by atoms with Crippen LogP contribution in [0, 0.1) is 11.8 Å². The van der Waals surface area contributed by atoms with E-state index in [2.05, 4.69) is 28.3 Å². The molecular formula is C20H29N3O3. The van der Waals surface area contributed by atoms with Crippen LogP contribution in [0.2, 0.25) is 0 Å². The number of carbonyl (C=O) groups is 1. The number of carbonyl (C=O) groups excluding carboxylic acids is 1. The summed E-state index contributed by atoms with van der Waals surface area (Å²) in [6, 6.07) is 0. The summed E-state index contributed by atoms with van der Waals surface area (Å²) in [6.07, 6.45) is 12.3. The van der Waals surface area contributed by atoms with Crippen LogP contribution in [0.25, 0.3) is 0 Å². The molecule has 1 aromatic heterocycles. The summed E-state index contributed by atoms with van der Waals surface area (Å²) in [5, 5.41) is 7.84. The lowest BCUT2D eigenvalue weighted by molar-refractivity contribution is -0.122. The minimum absolute atomic E-state index is 0.110. The van der Waals surface area contributed by atoms with Gasteiger partial charge in [-0.15, -0.1) is 0 Å². The molecular weight excluding hydrogens is 330 g/mol. The van der Waals surface area contributed by atoms with Crippen LogP contribution in [-0.4, -0.2) is 42.1 Å². The number of aromatic nitrogens is 2. The molecule has 0 radical (unpaired) electrons. The molecule has 2 atom stereocenters. The Labute approximate surface area is 154 Å². The molecule has 1 N–H and O–H groups in total. The zero-order valence-electron chi connectivity index (χ0n) is 15.4. The molecule has 4 rings (SSSR count). The van der Waals surface area contributed by atoms with Crippen molar-refractivity contribution in [3.05, 3.63) is 29.6 Å². The van der Waals surface area contributed by atoms with Crippen molar-refractivity contribution in [3.63, 3.8) is 0 Å². The summed E-state index contributed by atoms with van der Waals surface area (Å²) in [7, 11) is 0. The Bertz CT molecular complexity index is 649. The summed E-state index contributed by atoms with van der Waals surface area (Å²) in [4.78, 5) is 12.2. The summed E-state index contributed by atoms with van der Waals surface area (Å²) in [5.74, 6) is 1.15. The molecule has 6 nitrogen and oxygen atoms in total. The molecule has 26 heavy (non-hydrogen) atoms. The fourth-order valence-electron chi connectivity index (χ4n) is 4.16. The second-order valence-corrected chi connectivity index (χ2v) is 7.70. The van der Waals surface area contributed by atoms with Gasteiger partial charge in [0, 0.05) is 38.9 Å². The molecule has 1 fully saturated rings. The van der Waals surface area contributed by atoms with Crippen molar-refractivity contribution in [2.24, 2.45) is 11.8 Å². The Hall–Kier alpha value is -1.66. The summed E-state index contributed by atoms with van der Waals surface area (Å²) < 4.78 is 13.4. The van der Waals surface area contributed by atoms with Crippen LogP contribution in [0.1, 0.15) is 49.5 Å². The van der Waals surface area contributed by atoms with Gasteiger partial charge >= 0.3 is 0 Å². The lowest BCUT2D eigenvalue weighted by Gasteiger charge is -2.22. The first kappa shape index (κ1) is 17.7. The molecule has 0 spiro atoms. The smallest absolute Gasteiger partial charge is 0.220 e. The van der Waals surface area contributed by atoms with Gasteiger partial charge in [0.1, 0.15) is 6.10 Å². The van der Waals surface area contributed by atoms with Gasteiger partial charge in [0.25, 0.3) is 0 Å². The van der Waals surface area contributed by atoms with Gasteiger partial charge in [-0.1, -0.05) is 12.2 Å². The average molecular weight is 359 g/mol. The SMILES string of the molecule is O=C(C[C@H]1C=CCC1)NC[C@@H]1OCCc2cn(CC3CCOCC3)nc21. The van der Waals surface area contributed by atoms with Crippen molar-refractivity contribution in [1.29, 1.82) is 0 Å². The molecule has 3 heterocycles. The monoisotopic (exact) mass is 359 g/mol. The Morgan fingerprint density at radius 3 is 2.96 bits per heavy atom. The van der Waals surface area contributed by atoms with E-state index in [1.54, 1.807) is 0 Å². The molecule has 0 unspecified atom stereocenters. The van der Waals surface area contributed by atoms with Gasteiger partial charge in [-0.25, -0.2) is 0 Å². The van der Waals surface area contributed by atoms with Crippen molar-refractivity contribution >= 4 is 5.91 Å². The largest absolute Gasteiger partial charge is 0.381 e. The topological polar surface area (TPSA) is 65.4 Å². The predicted octanol–water partition coefficient (Wildman–Crippen LogP) is 2.40. The number of rotatable bonds is 6. The van der Waals surface area contributed by atoms with E-state index in [1.165, 1.54) is 5.56 Å². The predicted molar refractivity (Wildman–Crippen MR) is 97.7 cm³/mol. The van der Waals surface area contributed by atoms with Crippen molar-refractivity contribution < 1.29 is 14.3 Å². The fraction of sp³-hybridized carbons (Fsp3) is 0.700. The Kier molecular flexibility index (Phi) is 5.70. The maximum Gasteiger partial charge on any atom is 0.220 e. The highest BCUT2D eigenvalue weighted by Crippen LogP contribution is 2.27. The summed E-state index contributed by atoms with van der Waals surface area (Å²) >= 11 is 0. The van der Waals surface area contributed by atoms with Crippen molar-refractivity contribution in [2.45, 2.75) is 51.2 Å².